The van der Waals surface area contributed by atoms with E-state index in [9.17, 15) is 4.79 Å². The molecular formula is C14H24ClN5O. The largest absolute Gasteiger partial charge is 0.352 e. The highest BCUT2D eigenvalue weighted by Gasteiger charge is 2.28. The normalized spacial score (nSPS) is 17.9. The summed E-state index contributed by atoms with van der Waals surface area (Å²) in [6.45, 7) is 7.02. The van der Waals surface area contributed by atoms with E-state index in [0.29, 0.717) is 13.1 Å². The summed E-state index contributed by atoms with van der Waals surface area (Å²) < 4.78 is 0. The first kappa shape index (κ1) is 17.7. The fourth-order valence-corrected chi connectivity index (χ4v) is 2.32. The lowest BCUT2D eigenvalue weighted by Gasteiger charge is -2.37. The molecule has 1 aliphatic heterocycles. The van der Waals surface area contributed by atoms with Crippen LogP contribution < -0.4 is 10.6 Å². The molecular weight excluding hydrogens is 290 g/mol. The van der Waals surface area contributed by atoms with E-state index in [0.717, 1.165) is 25.3 Å². The zero-order valence-electron chi connectivity index (χ0n) is 12.6. The number of rotatable bonds is 4. The maximum absolute atomic E-state index is 12.3. The van der Waals surface area contributed by atoms with Crippen molar-refractivity contribution in [1.82, 2.24) is 14.9 Å². The van der Waals surface area contributed by atoms with Crippen molar-refractivity contribution in [3.8, 4) is 0 Å². The molecule has 1 aromatic rings. The summed E-state index contributed by atoms with van der Waals surface area (Å²) >= 11 is 0. The van der Waals surface area contributed by atoms with Crippen molar-refractivity contribution >= 4 is 24.1 Å². The van der Waals surface area contributed by atoms with E-state index >= 15 is 0 Å². The van der Waals surface area contributed by atoms with Crippen molar-refractivity contribution in [2.45, 2.75) is 26.3 Å². The lowest BCUT2D eigenvalue weighted by Crippen LogP contribution is -2.54. The molecule has 2 atom stereocenters. The molecule has 0 bridgehead atoms. The van der Waals surface area contributed by atoms with Crippen molar-refractivity contribution in [3.05, 3.63) is 18.6 Å². The first-order chi connectivity index (χ1) is 9.63. The van der Waals surface area contributed by atoms with Gasteiger partial charge in [-0.05, 0) is 5.92 Å². The fraction of sp³-hybridized carbons (Fsp3) is 0.643. The van der Waals surface area contributed by atoms with Crippen molar-refractivity contribution in [3.63, 3.8) is 0 Å². The minimum atomic E-state index is -0.386. The van der Waals surface area contributed by atoms with Crippen molar-refractivity contribution in [2.24, 2.45) is 11.7 Å². The number of hydrogen-bond donors (Lipinski definition) is 1. The second kappa shape index (κ2) is 8.14. The number of hydrogen-bond acceptors (Lipinski definition) is 5. The Bertz CT molecular complexity index is 436. The number of amides is 1. The minimum absolute atomic E-state index is 0. The quantitative estimate of drug-likeness (QED) is 0.894. The summed E-state index contributed by atoms with van der Waals surface area (Å²) in [5, 5.41) is 0. The van der Waals surface area contributed by atoms with Gasteiger partial charge in [0.25, 0.3) is 0 Å². The van der Waals surface area contributed by atoms with Crippen LogP contribution in [0.25, 0.3) is 0 Å². The zero-order valence-corrected chi connectivity index (χ0v) is 13.4. The number of carbonyl (C=O) groups excluding carboxylic acids is 1. The molecule has 118 valence electrons. The number of aromatic nitrogens is 2. The van der Waals surface area contributed by atoms with Crippen LogP contribution in [0.4, 0.5) is 5.82 Å². The van der Waals surface area contributed by atoms with E-state index in [1.54, 1.807) is 18.6 Å². The van der Waals surface area contributed by atoms with E-state index in [-0.39, 0.29) is 30.3 Å². The third-order valence-electron chi connectivity index (χ3n) is 4.01. The van der Waals surface area contributed by atoms with Gasteiger partial charge in [-0.1, -0.05) is 20.3 Å². The molecule has 1 amide bonds. The van der Waals surface area contributed by atoms with Gasteiger partial charge in [0.15, 0.2) is 0 Å². The molecule has 21 heavy (non-hydrogen) atoms. The lowest BCUT2D eigenvalue weighted by molar-refractivity contribution is -0.134. The number of nitrogens with zero attached hydrogens (tertiary/aromatic N) is 4. The molecule has 0 aliphatic carbocycles. The lowest BCUT2D eigenvalue weighted by atomic mass is 9.98. The van der Waals surface area contributed by atoms with Gasteiger partial charge in [-0.15, -0.1) is 12.4 Å². The van der Waals surface area contributed by atoms with Gasteiger partial charge in [-0.2, -0.15) is 0 Å². The van der Waals surface area contributed by atoms with E-state index in [2.05, 4.69) is 21.8 Å². The Hall–Kier alpha value is -1.40. The van der Waals surface area contributed by atoms with Gasteiger partial charge in [0, 0.05) is 38.6 Å². The van der Waals surface area contributed by atoms with E-state index in [1.807, 2.05) is 11.8 Å². The maximum Gasteiger partial charge on any atom is 0.239 e. The van der Waals surface area contributed by atoms with E-state index in [1.165, 1.54) is 0 Å². The Morgan fingerprint density at radius 1 is 1.33 bits per heavy atom. The Morgan fingerprint density at radius 3 is 2.52 bits per heavy atom. The number of piperazine rings is 1. The molecule has 2 unspecified atom stereocenters. The fourth-order valence-electron chi connectivity index (χ4n) is 2.32. The topological polar surface area (TPSA) is 75.4 Å². The molecule has 0 spiro atoms. The molecule has 1 aromatic heterocycles. The van der Waals surface area contributed by atoms with Crippen molar-refractivity contribution < 1.29 is 4.79 Å². The van der Waals surface area contributed by atoms with Crippen LogP contribution in [0, 0.1) is 5.92 Å². The van der Waals surface area contributed by atoms with Gasteiger partial charge >= 0.3 is 0 Å². The van der Waals surface area contributed by atoms with Gasteiger partial charge in [0.1, 0.15) is 5.82 Å². The number of halogens is 1. The smallest absolute Gasteiger partial charge is 0.239 e. The summed E-state index contributed by atoms with van der Waals surface area (Å²) in [5.41, 5.74) is 6.02. The molecule has 2 rings (SSSR count). The Labute approximate surface area is 132 Å². The van der Waals surface area contributed by atoms with Crippen LogP contribution in [-0.4, -0.2) is 53.0 Å². The summed E-state index contributed by atoms with van der Waals surface area (Å²) in [4.78, 5) is 24.7. The predicted octanol–water partition coefficient (Wildman–Crippen LogP) is 0.920. The van der Waals surface area contributed by atoms with E-state index in [4.69, 9.17) is 5.73 Å². The highest BCUT2D eigenvalue weighted by atomic mass is 35.5. The van der Waals surface area contributed by atoms with E-state index < -0.39 is 0 Å². The molecule has 1 saturated heterocycles. The molecule has 0 radical (unpaired) electrons. The minimum Gasteiger partial charge on any atom is -0.352 e. The second-order valence-electron chi connectivity index (χ2n) is 5.29. The Kier molecular flexibility index (Phi) is 6.84. The van der Waals surface area contributed by atoms with Gasteiger partial charge in [-0.25, -0.2) is 4.98 Å². The first-order valence-corrected chi connectivity index (χ1v) is 7.18. The van der Waals surface area contributed by atoms with Crippen molar-refractivity contribution in [1.29, 1.82) is 0 Å². The standard InChI is InChI=1S/C14H23N5O.ClH/c1-3-11(2)13(15)14(20)19-8-6-18(7-9-19)12-10-16-4-5-17-12;/h4-5,10-11,13H,3,6-9,15H2,1-2H3;1H. The Morgan fingerprint density at radius 2 is 2.00 bits per heavy atom. The third-order valence-corrected chi connectivity index (χ3v) is 4.01. The van der Waals surface area contributed by atoms with Crippen LogP contribution in [0.1, 0.15) is 20.3 Å². The van der Waals surface area contributed by atoms with Crippen LogP contribution in [0.15, 0.2) is 18.6 Å². The van der Waals surface area contributed by atoms with Gasteiger partial charge in [0.2, 0.25) is 5.91 Å². The zero-order chi connectivity index (χ0) is 14.5. The molecule has 0 aromatic carbocycles. The number of anilines is 1. The summed E-state index contributed by atoms with van der Waals surface area (Å²) in [6, 6.07) is -0.386. The molecule has 2 heterocycles. The van der Waals surface area contributed by atoms with Crippen LogP contribution in [0.2, 0.25) is 0 Å². The highest BCUT2D eigenvalue weighted by Crippen LogP contribution is 2.14. The van der Waals surface area contributed by atoms with Crippen LogP contribution >= 0.6 is 12.4 Å². The van der Waals surface area contributed by atoms with Gasteiger partial charge < -0.3 is 15.5 Å². The predicted molar refractivity (Wildman–Crippen MR) is 85.5 cm³/mol. The summed E-state index contributed by atoms with van der Waals surface area (Å²) in [6.07, 6.45) is 6.02. The molecule has 1 fully saturated rings. The molecule has 6 nitrogen and oxygen atoms in total. The maximum atomic E-state index is 12.3. The number of carbonyl (C=O) groups is 1. The molecule has 0 saturated carbocycles. The molecule has 1 aliphatic rings. The average Bonchev–Trinajstić information content (AvgIpc) is 2.53. The number of nitrogens with two attached hydrogens (primary N) is 1. The van der Waals surface area contributed by atoms with Crippen LogP contribution in [-0.2, 0) is 4.79 Å². The van der Waals surface area contributed by atoms with Crippen LogP contribution in [0.5, 0.6) is 0 Å². The molecule has 7 heteroatoms. The van der Waals surface area contributed by atoms with Crippen LogP contribution in [0.3, 0.4) is 0 Å². The molecule has 2 N–H and O–H groups in total. The highest BCUT2D eigenvalue weighted by molar-refractivity contribution is 5.85. The van der Waals surface area contributed by atoms with Gasteiger partial charge in [-0.3, -0.25) is 9.78 Å². The summed E-state index contributed by atoms with van der Waals surface area (Å²) in [5.74, 6) is 1.16. The van der Waals surface area contributed by atoms with Crippen molar-refractivity contribution in [2.75, 3.05) is 31.1 Å². The first-order valence-electron chi connectivity index (χ1n) is 7.18. The third kappa shape index (κ3) is 4.28. The summed E-state index contributed by atoms with van der Waals surface area (Å²) in [7, 11) is 0. The second-order valence-corrected chi connectivity index (χ2v) is 5.29. The Balaban J connectivity index is 0.00000220. The SMILES string of the molecule is CCC(C)C(N)C(=O)N1CCN(c2cnccn2)CC1.Cl. The monoisotopic (exact) mass is 313 g/mol. The van der Waals surface area contributed by atoms with Gasteiger partial charge in [0.05, 0.1) is 12.2 Å². The average molecular weight is 314 g/mol.